The number of benzene rings is 1. The van der Waals surface area contributed by atoms with Crippen molar-refractivity contribution in [1.29, 1.82) is 0 Å². The molecule has 0 atom stereocenters. The van der Waals surface area contributed by atoms with E-state index < -0.39 is 0 Å². The van der Waals surface area contributed by atoms with Crippen LogP contribution in [0, 0.1) is 6.92 Å². The van der Waals surface area contributed by atoms with Crippen LogP contribution in [0.15, 0.2) is 28.7 Å². The van der Waals surface area contributed by atoms with Crippen molar-refractivity contribution in [1.82, 2.24) is 10.2 Å². The normalized spacial score (nSPS) is 15.6. The molecular weight excluding hydrogens is 244 g/mol. The highest BCUT2D eigenvalue weighted by atomic mass is 16.3. The number of hydrogen-bond acceptors (Lipinski definition) is 3. The first kappa shape index (κ1) is 11.8. The van der Waals surface area contributed by atoms with Crippen LogP contribution in [0.1, 0.15) is 16.1 Å². The average molecular weight is 258 g/mol. The van der Waals surface area contributed by atoms with Gasteiger partial charge in [-0.3, -0.25) is 9.59 Å². The number of rotatable bonds is 1. The van der Waals surface area contributed by atoms with Crippen LogP contribution in [0.4, 0.5) is 0 Å². The number of carbonyl (C=O) groups is 2. The molecule has 3 rings (SSSR count). The zero-order valence-electron chi connectivity index (χ0n) is 10.6. The van der Waals surface area contributed by atoms with Crippen molar-refractivity contribution in [3.63, 3.8) is 0 Å². The van der Waals surface area contributed by atoms with Gasteiger partial charge in [-0.25, -0.2) is 0 Å². The quantitative estimate of drug-likeness (QED) is 0.839. The summed E-state index contributed by atoms with van der Waals surface area (Å²) in [5.41, 5.74) is 1.52. The smallest absolute Gasteiger partial charge is 0.290 e. The first-order valence-electron chi connectivity index (χ1n) is 6.21. The van der Waals surface area contributed by atoms with Crippen LogP contribution in [0.3, 0.4) is 0 Å². The van der Waals surface area contributed by atoms with E-state index in [-0.39, 0.29) is 18.4 Å². The molecule has 2 heterocycles. The Morgan fingerprint density at radius 2 is 2.16 bits per heavy atom. The van der Waals surface area contributed by atoms with Crippen LogP contribution < -0.4 is 5.32 Å². The maximum absolute atomic E-state index is 12.4. The second kappa shape index (κ2) is 4.42. The molecule has 5 heteroatoms. The number of amides is 2. The molecule has 0 spiro atoms. The van der Waals surface area contributed by atoms with Crippen molar-refractivity contribution < 1.29 is 14.0 Å². The lowest BCUT2D eigenvalue weighted by atomic mass is 10.1. The van der Waals surface area contributed by atoms with Gasteiger partial charge in [0.15, 0.2) is 5.76 Å². The minimum absolute atomic E-state index is 0.0926. The molecular formula is C14H14N2O3. The molecule has 5 nitrogen and oxygen atoms in total. The lowest BCUT2D eigenvalue weighted by Gasteiger charge is -2.25. The van der Waals surface area contributed by atoms with Gasteiger partial charge in [0, 0.05) is 24.0 Å². The second-order valence-electron chi connectivity index (χ2n) is 4.63. The van der Waals surface area contributed by atoms with E-state index in [1.165, 1.54) is 4.90 Å². The van der Waals surface area contributed by atoms with E-state index in [4.69, 9.17) is 4.42 Å². The number of piperazine rings is 1. The van der Waals surface area contributed by atoms with E-state index in [2.05, 4.69) is 5.32 Å². The van der Waals surface area contributed by atoms with Crippen LogP contribution in [-0.4, -0.2) is 36.3 Å². The van der Waals surface area contributed by atoms with E-state index in [1.807, 2.05) is 31.2 Å². The number of aryl methyl sites for hydroxylation is 1. The Hall–Kier alpha value is -2.30. The predicted molar refractivity (Wildman–Crippen MR) is 69.9 cm³/mol. The van der Waals surface area contributed by atoms with Gasteiger partial charge in [0.25, 0.3) is 5.91 Å². The van der Waals surface area contributed by atoms with Gasteiger partial charge in [-0.05, 0) is 13.0 Å². The Morgan fingerprint density at radius 1 is 1.37 bits per heavy atom. The molecule has 2 amide bonds. The highest BCUT2D eigenvalue weighted by Crippen LogP contribution is 2.25. The molecule has 1 aromatic heterocycles. The van der Waals surface area contributed by atoms with Gasteiger partial charge in [-0.1, -0.05) is 18.2 Å². The number of furan rings is 1. The Morgan fingerprint density at radius 3 is 2.89 bits per heavy atom. The van der Waals surface area contributed by atoms with Crippen LogP contribution in [0.25, 0.3) is 11.0 Å². The van der Waals surface area contributed by atoms with Gasteiger partial charge < -0.3 is 14.6 Å². The SMILES string of the molecule is Cc1c(C(=O)N2CCNC(=O)C2)oc2ccccc12. The fraction of sp³-hybridized carbons (Fsp3) is 0.286. The molecule has 0 saturated carbocycles. The van der Waals surface area contributed by atoms with Crippen molar-refractivity contribution in [3.8, 4) is 0 Å². The molecule has 1 aliphatic rings. The third-order valence-electron chi connectivity index (χ3n) is 3.36. The number of para-hydroxylation sites is 1. The van der Waals surface area contributed by atoms with Gasteiger partial charge in [-0.2, -0.15) is 0 Å². The molecule has 2 aromatic rings. The van der Waals surface area contributed by atoms with Gasteiger partial charge in [0.05, 0.1) is 0 Å². The fourth-order valence-corrected chi connectivity index (χ4v) is 2.33. The number of nitrogens with zero attached hydrogens (tertiary/aromatic N) is 1. The van der Waals surface area contributed by atoms with Gasteiger partial charge >= 0.3 is 0 Å². The van der Waals surface area contributed by atoms with E-state index in [9.17, 15) is 9.59 Å². The Balaban J connectivity index is 1.97. The summed E-state index contributed by atoms with van der Waals surface area (Å²) in [7, 11) is 0. The zero-order valence-corrected chi connectivity index (χ0v) is 10.6. The molecule has 0 radical (unpaired) electrons. The van der Waals surface area contributed by atoms with Crippen molar-refractivity contribution in [2.45, 2.75) is 6.92 Å². The minimum atomic E-state index is -0.219. The summed E-state index contributed by atoms with van der Waals surface area (Å²) >= 11 is 0. The molecule has 1 aromatic carbocycles. The largest absolute Gasteiger partial charge is 0.451 e. The average Bonchev–Trinajstić information content (AvgIpc) is 2.76. The number of nitrogens with one attached hydrogen (secondary N) is 1. The summed E-state index contributed by atoms with van der Waals surface area (Å²) in [6.45, 7) is 2.96. The summed E-state index contributed by atoms with van der Waals surface area (Å²) in [5.74, 6) is -0.0205. The molecule has 1 saturated heterocycles. The van der Waals surface area contributed by atoms with E-state index in [0.717, 1.165) is 10.9 Å². The summed E-state index contributed by atoms with van der Waals surface area (Å²) in [6.07, 6.45) is 0. The summed E-state index contributed by atoms with van der Waals surface area (Å²) in [6, 6.07) is 7.54. The Kier molecular flexibility index (Phi) is 2.74. The highest BCUT2D eigenvalue weighted by molar-refractivity contribution is 6.00. The number of hydrogen-bond donors (Lipinski definition) is 1. The molecule has 98 valence electrons. The summed E-state index contributed by atoms with van der Waals surface area (Å²) < 4.78 is 5.63. The molecule has 1 N–H and O–H groups in total. The van der Waals surface area contributed by atoms with Crippen molar-refractivity contribution in [3.05, 3.63) is 35.6 Å². The number of carbonyl (C=O) groups excluding carboxylic acids is 2. The Labute approximate surface area is 110 Å². The van der Waals surface area contributed by atoms with Crippen molar-refractivity contribution in [2.75, 3.05) is 19.6 Å². The first-order chi connectivity index (χ1) is 9.16. The summed E-state index contributed by atoms with van der Waals surface area (Å²) in [4.78, 5) is 25.2. The van der Waals surface area contributed by atoms with Crippen LogP contribution >= 0.6 is 0 Å². The second-order valence-corrected chi connectivity index (χ2v) is 4.63. The third kappa shape index (κ3) is 1.97. The molecule has 19 heavy (non-hydrogen) atoms. The monoisotopic (exact) mass is 258 g/mol. The standard InChI is InChI=1S/C14H14N2O3/c1-9-10-4-2-3-5-11(10)19-13(9)14(18)16-7-6-15-12(17)8-16/h2-5H,6-8H2,1H3,(H,15,17). The van der Waals surface area contributed by atoms with E-state index in [1.54, 1.807) is 0 Å². The van der Waals surface area contributed by atoms with E-state index >= 15 is 0 Å². The van der Waals surface area contributed by atoms with Crippen LogP contribution in [0.5, 0.6) is 0 Å². The number of fused-ring (bicyclic) bond motifs is 1. The summed E-state index contributed by atoms with van der Waals surface area (Å²) in [5, 5.41) is 3.63. The van der Waals surface area contributed by atoms with Gasteiger partial charge in [0.2, 0.25) is 5.91 Å². The maximum atomic E-state index is 12.4. The minimum Gasteiger partial charge on any atom is -0.451 e. The topological polar surface area (TPSA) is 62.6 Å². The molecule has 1 aliphatic heterocycles. The lowest BCUT2D eigenvalue weighted by molar-refractivity contribution is -0.123. The van der Waals surface area contributed by atoms with E-state index in [0.29, 0.717) is 24.4 Å². The van der Waals surface area contributed by atoms with Crippen molar-refractivity contribution >= 4 is 22.8 Å². The van der Waals surface area contributed by atoms with Crippen LogP contribution in [0.2, 0.25) is 0 Å². The van der Waals surface area contributed by atoms with Crippen LogP contribution in [-0.2, 0) is 4.79 Å². The lowest BCUT2D eigenvalue weighted by Crippen LogP contribution is -2.50. The van der Waals surface area contributed by atoms with Crippen molar-refractivity contribution in [2.24, 2.45) is 0 Å². The predicted octanol–water partition coefficient (Wildman–Crippen LogP) is 1.31. The molecule has 0 aliphatic carbocycles. The first-order valence-corrected chi connectivity index (χ1v) is 6.21. The maximum Gasteiger partial charge on any atom is 0.290 e. The zero-order chi connectivity index (χ0) is 13.4. The molecule has 0 bridgehead atoms. The highest BCUT2D eigenvalue weighted by Gasteiger charge is 2.26. The van der Waals surface area contributed by atoms with Gasteiger partial charge in [-0.15, -0.1) is 0 Å². The molecule has 1 fully saturated rings. The van der Waals surface area contributed by atoms with Gasteiger partial charge in [0.1, 0.15) is 12.1 Å². The fourth-order valence-electron chi connectivity index (χ4n) is 2.33. The molecule has 0 unspecified atom stereocenters. The Bertz CT molecular complexity index is 660. The third-order valence-corrected chi connectivity index (χ3v) is 3.36.